The molecule has 5 nitrogen and oxygen atoms in total. The molecule has 1 heterocycles. The molecule has 1 aromatic heterocycles. The van der Waals surface area contributed by atoms with E-state index in [1.165, 1.54) is 6.07 Å². The monoisotopic (exact) mass is 385 g/mol. The second-order valence-corrected chi connectivity index (χ2v) is 5.58. The number of amides is 3. The number of anilines is 1. The quantitative estimate of drug-likeness (QED) is 0.822. The number of carbonyl (C=O) groups excluding carboxylic acids is 2. The van der Waals surface area contributed by atoms with Crippen LogP contribution in [-0.4, -0.2) is 16.9 Å². The Hall–Kier alpha value is -1.99. The molecular weight excluding hydrogens is 377 g/mol. The van der Waals surface area contributed by atoms with Crippen molar-refractivity contribution in [2.24, 2.45) is 0 Å². The molecule has 0 atom stereocenters. The first kappa shape index (κ1) is 16.4. The van der Waals surface area contributed by atoms with Crippen LogP contribution < -0.4 is 10.6 Å². The van der Waals surface area contributed by atoms with Crippen molar-refractivity contribution < 1.29 is 14.0 Å². The molecule has 0 fully saturated rings. The fraction of sp³-hybridized carbons (Fsp3) is 0.0714. The van der Waals surface area contributed by atoms with E-state index in [0.717, 1.165) is 6.07 Å². The number of carbonyl (C=O) groups is 2. The molecule has 0 saturated heterocycles. The molecule has 0 spiro atoms. The Morgan fingerprint density at radius 2 is 2.09 bits per heavy atom. The largest absolute Gasteiger partial charge is 0.326 e. The smallest absolute Gasteiger partial charge is 0.306 e. The summed E-state index contributed by atoms with van der Waals surface area (Å²) in [4.78, 5) is 27.8. The van der Waals surface area contributed by atoms with Crippen LogP contribution in [0.25, 0.3) is 0 Å². The molecular formula is C14H10BrClFN3O2. The fourth-order valence-electron chi connectivity index (χ4n) is 1.69. The van der Waals surface area contributed by atoms with Gasteiger partial charge in [0.1, 0.15) is 5.82 Å². The molecule has 8 heteroatoms. The summed E-state index contributed by atoms with van der Waals surface area (Å²) in [6.45, 7) is 1.70. The van der Waals surface area contributed by atoms with Crippen molar-refractivity contribution in [3.8, 4) is 0 Å². The number of imide groups is 1. The highest BCUT2D eigenvalue weighted by atomic mass is 79.9. The maximum Gasteiger partial charge on any atom is 0.326 e. The molecule has 0 radical (unpaired) electrons. The van der Waals surface area contributed by atoms with Crippen molar-refractivity contribution in [3.63, 3.8) is 0 Å². The van der Waals surface area contributed by atoms with Crippen molar-refractivity contribution >= 4 is 45.2 Å². The minimum atomic E-state index is -0.889. The Labute approximate surface area is 139 Å². The van der Waals surface area contributed by atoms with Crippen LogP contribution in [0.3, 0.4) is 0 Å². The number of rotatable bonds is 2. The highest BCUT2D eigenvalue weighted by Crippen LogP contribution is 2.24. The van der Waals surface area contributed by atoms with Gasteiger partial charge >= 0.3 is 6.03 Å². The lowest BCUT2D eigenvalue weighted by atomic mass is 10.2. The van der Waals surface area contributed by atoms with E-state index >= 15 is 0 Å². The van der Waals surface area contributed by atoms with Crippen molar-refractivity contribution in [2.45, 2.75) is 6.92 Å². The first-order valence-electron chi connectivity index (χ1n) is 6.07. The maximum atomic E-state index is 13.8. The van der Waals surface area contributed by atoms with Gasteiger partial charge in [0.15, 0.2) is 0 Å². The zero-order chi connectivity index (χ0) is 16.3. The van der Waals surface area contributed by atoms with Crippen molar-refractivity contribution in [3.05, 3.63) is 57.0 Å². The molecule has 0 aliphatic carbocycles. The zero-order valence-corrected chi connectivity index (χ0v) is 13.6. The number of hydrogen-bond acceptors (Lipinski definition) is 3. The van der Waals surface area contributed by atoms with Crippen LogP contribution in [0.2, 0.25) is 5.02 Å². The SMILES string of the molecule is Cc1ncccc1NC(=O)NC(=O)c1c(F)cc(Cl)cc1Br. The number of nitrogens with one attached hydrogen (secondary N) is 2. The normalized spacial score (nSPS) is 10.2. The van der Waals surface area contributed by atoms with Gasteiger partial charge < -0.3 is 5.32 Å². The lowest BCUT2D eigenvalue weighted by Crippen LogP contribution is -2.35. The Kier molecular flexibility index (Phi) is 5.10. The zero-order valence-electron chi connectivity index (χ0n) is 11.3. The number of urea groups is 1. The van der Waals surface area contributed by atoms with E-state index in [1.54, 1.807) is 25.3 Å². The van der Waals surface area contributed by atoms with Gasteiger partial charge in [0.2, 0.25) is 0 Å². The Morgan fingerprint density at radius 3 is 2.73 bits per heavy atom. The second-order valence-electron chi connectivity index (χ2n) is 4.29. The summed E-state index contributed by atoms with van der Waals surface area (Å²) in [5.74, 6) is -1.72. The minimum absolute atomic E-state index is 0.136. The van der Waals surface area contributed by atoms with Crippen LogP contribution in [0.4, 0.5) is 14.9 Å². The topological polar surface area (TPSA) is 71.1 Å². The summed E-state index contributed by atoms with van der Waals surface area (Å²) in [5, 5.41) is 4.64. The number of aryl methyl sites for hydroxylation is 1. The van der Waals surface area contributed by atoms with Crippen LogP contribution in [0, 0.1) is 12.7 Å². The summed E-state index contributed by atoms with van der Waals surface area (Å²) in [7, 11) is 0. The third-order valence-electron chi connectivity index (χ3n) is 2.72. The van der Waals surface area contributed by atoms with E-state index in [4.69, 9.17) is 11.6 Å². The molecule has 3 amide bonds. The number of nitrogens with zero attached hydrogens (tertiary/aromatic N) is 1. The molecule has 2 aromatic rings. The third kappa shape index (κ3) is 3.80. The molecule has 2 rings (SSSR count). The van der Waals surface area contributed by atoms with Gasteiger partial charge in [-0.2, -0.15) is 0 Å². The van der Waals surface area contributed by atoms with Crippen molar-refractivity contribution in [1.29, 1.82) is 0 Å². The Bertz CT molecular complexity index is 732. The van der Waals surface area contributed by atoms with Crippen molar-refractivity contribution in [2.75, 3.05) is 5.32 Å². The van der Waals surface area contributed by atoms with E-state index in [1.807, 2.05) is 5.32 Å². The van der Waals surface area contributed by atoms with Crippen LogP contribution in [0.15, 0.2) is 34.9 Å². The van der Waals surface area contributed by atoms with E-state index in [-0.39, 0.29) is 15.1 Å². The van der Waals surface area contributed by atoms with Gasteiger partial charge in [-0.25, -0.2) is 9.18 Å². The number of benzene rings is 1. The second kappa shape index (κ2) is 6.85. The number of hydrogen-bond donors (Lipinski definition) is 2. The van der Waals surface area contributed by atoms with Crippen molar-refractivity contribution in [1.82, 2.24) is 10.3 Å². The minimum Gasteiger partial charge on any atom is -0.306 e. The molecule has 0 bridgehead atoms. The van der Waals surface area contributed by atoms with Gasteiger partial charge in [-0.05, 0) is 47.1 Å². The van der Waals surface area contributed by atoms with Crippen LogP contribution in [0.1, 0.15) is 16.1 Å². The van der Waals surface area contributed by atoms with E-state index in [9.17, 15) is 14.0 Å². The average molecular weight is 387 g/mol. The molecule has 0 unspecified atom stereocenters. The molecule has 114 valence electrons. The average Bonchev–Trinajstić information content (AvgIpc) is 2.40. The van der Waals surface area contributed by atoms with Gasteiger partial charge in [-0.15, -0.1) is 0 Å². The van der Waals surface area contributed by atoms with Gasteiger partial charge in [0.05, 0.1) is 16.9 Å². The summed E-state index contributed by atoms with van der Waals surface area (Å²) in [5.41, 5.74) is 0.731. The molecule has 22 heavy (non-hydrogen) atoms. The summed E-state index contributed by atoms with van der Waals surface area (Å²) >= 11 is 8.71. The summed E-state index contributed by atoms with van der Waals surface area (Å²) < 4.78 is 13.9. The van der Waals surface area contributed by atoms with Gasteiger partial charge in [0.25, 0.3) is 5.91 Å². The van der Waals surface area contributed by atoms with Gasteiger partial charge in [-0.3, -0.25) is 15.1 Å². The summed E-state index contributed by atoms with van der Waals surface area (Å²) in [6, 6.07) is 4.83. The highest BCUT2D eigenvalue weighted by molar-refractivity contribution is 9.10. The number of halogens is 3. The van der Waals surface area contributed by atoms with E-state index in [0.29, 0.717) is 11.4 Å². The Morgan fingerprint density at radius 1 is 1.36 bits per heavy atom. The first-order valence-corrected chi connectivity index (χ1v) is 7.24. The van der Waals surface area contributed by atoms with Crippen LogP contribution in [0.5, 0.6) is 0 Å². The third-order valence-corrected chi connectivity index (χ3v) is 3.56. The van der Waals surface area contributed by atoms with E-state index in [2.05, 4.69) is 26.2 Å². The molecule has 1 aromatic carbocycles. The van der Waals surface area contributed by atoms with Crippen LogP contribution >= 0.6 is 27.5 Å². The lowest BCUT2D eigenvalue weighted by Gasteiger charge is -2.10. The van der Waals surface area contributed by atoms with E-state index < -0.39 is 17.8 Å². The maximum absolute atomic E-state index is 13.8. The van der Waals surface area contributed by atoms with Gasteiger partial charge in [-0.1, -0.05) is 11.6 Å². The predicted octanol–water partition coefficient (Wildman–Crippen LogP) is 3.91. The number of pyridine rings is 1. The number of aromatic nitrogens is 1. The predicted molar refractivity (Wildman–Crippen MR) is 84.6 cm³/mol. The highest BCUT2D eigenvalue weighted by Gasteiger charge is 2.19. The van der Waals surface area contributed by atoms with Crippen LogP contribution in [-0.2, 0) is 0 Å². The summed E-state index contributed by atoms with van der Waals surface area (Å²) in [6.07, 6.45) is 1.57. The molecule has 2 N–H and O–H groups in total. The molecule has 0 aliphatic heterocycles. The standard InChI is InChI=1S/C14H10BrClFN3O2/c1-7-11(3-2-4-18-7)19-14(22)20-13(21)12-9(15)5-8(16)6-10(12)17/h2-6H,1H3,(H2,19,20,21,22). The lowest BCUT2D eigenvalue weighted by molar-refractivity contribution is 0.0962. The van der Waals surface area contributed by atoms with Gasteiger partial charge in [0, 0.05) is 15.7 Å². The molecule has 0 saturated carbocycles. The Balaban J connectivity index is 2.13. The first-order chi connectivity index (χ1) is 10.4. The molecule has 0 aliphatic rings. The fourth-order valence-corrected chi connectivity index (χ4v) is 2.65.